The quantitative estimate of drug-likeness (QED) is 0.672. The highest BCUT2D eigenvalue weighted by molar-refractivity contribution is 5.79. The van der Waals surface area contributed by atoms with Gasteiger partial charge in [-0.25, -0.2) is 0 Å². The Hall–Kier alpha value is -1.32. The number of aliphatic hydroxyl groups is 1. The second-order valence-corrected chi connectivity index (χ2v) is 3.59. The molecule has 0 spiro atoms. The van der Waals surface area contributed by atoms with Crippen molar-refractivity contribution in [2.45, 2.75) is 19.1 Å². The molecule has 0 aliphatic carbocycles. The lowest BCUT2D eigenvalue weighted by molar-refractivity contribution is 0.164. The SMILES string of the molecule is CC(O)C(N)c1ccc2cc[nH]c2c1. The Morgan fingerprint density at radius 3 is 2.86 bits per heavy atom. The summed E-state index contributed by atoms with van der Waals surface area (Å²) in [6.45, 7) is 1.70. The smallest absolute Gasteiger partial charge is 0.0704 e. The van der Waals surface area contributed by atoms with E-state index in [9.17, 15) is 5.11 Å². The first kappa shape index (κ1) is 9.24. The number of hydrogen-bond acceptors (Lipinski definition) is 2. The van der Waals surface area contributed by atoms with Crippen LogP contribution in [0, 0.1) is 0 Å². The van der Waals surface area contributed by atoms with Gasteiger partial charge in [0.1, 0.15) is 0 Å². The van der Waals surface area contributed by atoms with Crippen LogP contribution < -0.4 is 5.73 Å². The molecule has 3 nitrogen and oxygen atoms in total. The third-order valence-electron chi connectivity index (χ3n) is 2.48. The minimum Gasteiger partial charge on any atom is -0.391 e. The van der Waals surface area contributed by atoms with E-state index < -0.39 is 6.10 Å². The molecule has 14 heavy (non-hydrogen) atoms. The van der Waals surface area contributed by atoms with Gasteiger partial charge in [0, 0.05) is 11.7 Å². The number of fused-ring (bicyclic) bond motifs is 1. The van der Waals surface area contributed by atoms with Crippen molar-refractivity contribution >= 4 is 10.9 Å². The number of rotatable bonds is 2. The van der Waals surface area contributed by atoms with Crippen LogP contribution in [0.4, 0.5) is 0 Å². The van der Waals surface area contributed by atoms with Crippen molar-refractivity contribution in [3.8, 4) is 0 Å². The van der Waals surface area contributed by atoms with Gasteiger partial charge in [-0.2, -0.15) is 0 Å². The zero-order valence-electron chi connectivity index (χ0n) is 8.07. The fourth-order valence-corrected chi connectivity index (χ4v) is 1.55. The molecule has 0 radical (unpaired) electrons. The van der Waals surface area contributed by atoms with Gasteiger partial charge in [0.05, 0.1) is 12.1 Å². The molecule has 1 aromatic heterocycles. The highest BCUT2D eigenvalue weighted by atomic mass is 16.3. The van der Waals surface area contributed by atoms with Crippen LogP contribution in [0.1, 0.15) is 18.5 Å². The molecule has 2 aromatic rings. The van der Waals surface area contributed by atoms with E-state index >= 15 is 0 Å². The Morgan fingerprint density at radius 1 is 1.36 bits per heavy atom. The molecule has 4 N–H and O–H groups in total. The van der Waals surface area contributed by atoms with Crippen LogP contribution >= 0.6 is 0 Å². The fraction of sp³-hybridized carbons (Fsp3) is 0.273. The van der Waals surface area contributed by atoms with E-state index in [1.165, 1.54) is 0 Å². The van der Waals surface area contributed by atoms with Gasteiger partial charge in [0.25, 0.3) is 0 Å². The molecule has 1 aromatic carbocycles. The van der Waals surface area contributed by atoms with E-state index in [2.05, 4.69) is 4.98 Å². The number of H-pyrrole nitrogens is 1. The molecule has 2 rings (SSSR count). The highest BCUT2D eigenvalue weighted by Gasteiger charge is 2.11. The van der Waals surface area contributed by atoms with E-state index in [1.54, 1.807) is 6.92 Å². The topological polar surface area (TPSA) is 62.0 Å². The van der Waals surface area contributed by atoms with E-state index in [1.807, 2.05) is 30.5 Å². The van der Waals surface area contributed by atoms with Crippen molar-refractivity contribution in [1.29, 1.82) is 0 Å². The predicted molar refractivity (Wildman–Crippen MR) is 56.9 cm³/mol. The minimum atomic E-state index is -0.526. The van der Waals surface area contributed by atoms with Crippen LogP contribution in [-0.2, 0) is 0 Å². The van der Waals surface area contributed by atoms with Crippen molar-refractivity contribution < 1.29 is 5.11 Å². The van der Waals surface area contributed by atoms with Crippen molar-refractivity contribution in [2.75, 3.05) is 0 Å². The zero-order chi connectivity index (χ0) is 10.1. The molecule has 74 valence electrons. The maximum atomic E-state index is 9.36. The average molecular weight is 190 g/mol. The van der Waals surface area contributed by atoms with Crippen molar-refractivity contribution in [1.82, 2.24) is 4.98 Å². The molecule has 0 bridgehead atoms. The third-order valence-corrected chi connectivity index (χ3v) is 2.48. The Morgan fingerprint density at radius 2 is 2.14 bits per heavy atom. The van der Waals surface area contributed by atoms with Crippen LogP contribution in [0.15, 0.2) is 30.5 Å². The molecule has 0 saturated heterocycles. The maximum absolute atomic E-state index is 9.36. The Kier molecular flexibility index (Phi) is 2.27. The van der Waals surface area contributed by atoms with E-state index in [4.69, 9.17) is 5.73 Å². The number of nitrogens with one attached hydrogen (secondary N) is 1. The summed E-state index contributed by atoms with van der Waals surface area (Å²) in [6, 6.07) is 7.62. The van der Waals surface area contributed by atoms with E-state index in [0.29, 0.717) is 0 Å². The molecule has 2 atom stereocenters. The number of benzene rings is 1. The molecule has 0 aliphatic heterocycles. The summed E-state index contributed by atoms with van der Waals surface area (Å²) in [4.78, 5) is 3.12. The van der Waals surface area contributed by atoms with Crippen molar-refractivity contribution in [3.05, 3.63) is 36.0 Å². The van der Waals surface area contributed by atoms with Gasteiger partial charge in [-0.1, -0.05) is 12.1 Å². The molecule has 2 unspecified atom stereocenters. The van der Waals surface area contributed by atoms with Gasteiger partial charge in [0.15, 0.2) is 0 Å². The van der Waals surface area contributed by atoms with Gasteiger partial charge in [0.2, 0.25) is 0 Å². The van der Waals surface area contributed by atoms with Crippen LogP contribution in [-0.4, -0.2) is 16.2 Å². The van der Waals surface area contributed by atoms with E-state index in [-0.39, 0.29) is 6.04 Å². The predicted octanol–water partition coefficient (Wildman–Crippen LogP) is 1.55. The molecule has 0 amide bonds. The molecular formula is C11H14N2O. The maximum Gasteiger partial charge on any atom is 0.0704 e. The van der Waals surface area contributed by atoms with Crippen LogP contribution in [0.25, 0.3) is 10.9 Å². The normalized spacial score (nSPS) is 15.6. The lowest BCUT2D eigenvalue weighted by Crippen LogP contribution is -2.22. The molecule has 0 saturated carbocycles. The summed E-state index contributed by atoms with van der Waals surface area (Å²) in [5.74, 6) is 0. The van der Waals surface area contributed by atoms with Crippen molar-refractivity contribution in [2.24, 2.45) is 5.73 Å². The second-order valence-electron chi connectivity index (χ2n) is 3.59. The third kappa shape index (κ3) is 1.52. The Balaban J connectivity index is 2.43. The van der Waals surface area contributed by atoms with Gasteiger partial charge in [-0.05, 0) is 30.0 Å². The Bertz CT molecular complexity index is 434. The summed E-state index contributed by atoms with van der Waals surface area (Å²) >= 11 is 0. The first-order chi connectivity index (χ1) is 6.68. The molecular weight excluding hydrogens is 176 g/mol. The summed E-state index contributed by atoms with van der Waals surface area (Å²) in [7, 11) is 0. The number of nitrogens with two attached hydrogens (primary N) is 1. The number of aromatic amines is 1. The summed E-state index contributed by atoms with van der Waals surface area (Å²) in [5.41, 5.74) is 7.84. The van der Waals surface area contributed by atoms with Crippen LogP contribution in [0.3, 0.4) is 0 Å². The first-order valence-corrected chi connectivity index (χ1v) is 4.69. The summed E-state index contributed by atoms with van der Waals surface area (Å²) in [5, 5.41) is 10.5. The molecule has 1 heterocycles. The van der Waals surface area contributed by atoms with Crippen LogP contribution in [0.5, 0.6) is 0 Å². The van der Waals surface area contributed by atoms with Gasteiger partial charge >= 0.3 is 0 Å². The molecule has 3 heteroatoms. The highest BCUT2D eigenvalue weighted by Crippen LogP contribution is 2.19. The first-order valence-electron chi connectivity index (χ1n) is 4.69. The summed E-state index contributed by atoms with van der Waals surface area (Å²) in [6.07, 6.45) is 1.37. The van der Waals surface area contributed by atoms with Gasteiger partial charge in [-0.15, -0.1) is 0 Å². The standard InChI is InChI=1S/C11H14N2O/c1-7(14)11(12)9-3-2-8-4-5-13-10(8)6-9/h2-7,11,13-14H,12H2,1H3. The lowest BCUT2D eigenvalue weighted by Gasteiger charge is -2.14. The fourth-order valence-electron chi connectivity index (χ4n) is 1.55. The minimum absolute atomic E-state index is 0.317. The molecule has 0 aliphatic rings. The number of aromatic nitrogens is 1. The summed E-state index contributed by atoms with van der Waals surface area (Å²) < 4.78 is 0. The average Bonchev–Trinajstić information content (AvgIpc) is 2.62. The van der Waals surface area contributed by atoms with Gasteiger partial charge < -0.3 is 15.8 Å². The monoisotopic (exact) mass is 190 g/mol. The number of hydrogen-bond donors (Lipinski definition) is 3. The van der Waals surface area contributed by atoms with Crippen LogP contribution in [0.2, 0.25) is 0 Å². The Labute approximate surface area is 82.6 Å². The zero-order valence-corrected chi connectivity index (χ0v) is 8.07. The van der Waals surface area contributed by atoms with E-state index in [0.717, 1.165) is 16.5 Å². The second kappa shape index (κ2) is 3.44. The number of aliphatic hydroxyl groups excluding tert-OH is 1. The molecule has 0 fully saturated rings. The van der Waals surface area contributed by atoms with Gasteiger partial charge in [-0.3, -0.25) is 0 Å². The lowest BCUT2D eigenvalue weighted by atomic mass is 10.0. The largest absolute Gasteiger partial charge is 0.391 e. The van der Waals surface area contributed by atoms with Crippen molar-refractivity contribution in [3.63, 3.8) is 0 Å².